The molecule has 0 radical (unpaired) electrons. The molecular formula is C18H21N3O2S. The Kier molecular flexibility index (Phi) is 5.27. The van der Waals surface area contributed by atoms with Crippen LogP contribution in [0.3, 0.4) is 0 Å². The highest BCUT2D eigenvalue weighted by atomic mass is 32.1. The second-order valence-corrected chi connectivity index (χ2v) is 6.96. The fraction of sp³-hybridized carbons (Fsp3) is 0.333. The van der Waals surface area contributed by atoms with Gasteiger partial charge in [-0.3, -0.25) is 9.59 Å². The Morgan fingerprint density at radius 3 is 2.71 bits per heavy atom. The van der Waals surface area contributed by atoms with Gasteiger partial charge in [-0.2, -0.15) is 0 Å². The average molecular weight is 343 g/mol. The maximum absolute atomic E-state index is 12.5. The van der Waals surface area contributed by atoms with Crippen LogP contribution in [0, 0.1) is 0 Å². The second-order valence-electron chi connectivity index (χ2n) is 6.01. The van der Waals surface area contributed by atoms with Gasteiger partial charge in [0.25, 0.3) is 11.8 Å². The lowest BCUT2D eigenvalue weighted by molar-refractivity contribution is 0.0708. The molecule has 1 aliphatic heterocycles. The van der Waals surface area contributed by atoms with Crippen molar-refractivity contribution in [3.63, 3.8) is 0 Å². The maximum atomic E-state index is 12.5. The molecule has 1 aliphatic rings. The van der Waals surface area contributed by atoms with Crippen LogP contribution in [0.25, 0.3) is 0 Å². The maximum Gasteiger partial charge on any atom is 0.261 e. The number of hydrogen-bond acceptors (Lipinski definition) is 4. The van der Waals surface area contributed by atoms with Gasteiger partial charge < -0.3 is 16.0 Å². The summed E-state index contributed by atoms with van der Waals surface area (Å²) in [5, 5.41) is 4.76. The molecule has 1 unspecified atom stereocenters. The molecule has 0 aliphatic carbocycles. The fourth-order valence-corrected chi connectivity index (χ4v) is 3.46. The lowest BCUT2D eigenvalue weighted by Gasteiger charge is -2.30. The zero-order chi connectivity index (χ0) is 16.9. The van der Waals surface area contributed by atoms with Gasteiger partial charge in [0, 0.05) is 31.2 Å². The Hall–Kier alpha value is -2.18. The number of benzene rings is 1. The number of amides is 2. The van der Waals surface area contributed by atoms with Crippen LogP contribution in [-0.2, 0) is 6.54 Å². The molecule has 0 bridgehead atoms. The lowest BCUT2D eigenvalue weighted by atomic mass is 10.0. The van der Waals surface area contributed by atoms with E-state index in [1.807, 2.05) is 40.6 Å². The Morgan fingerprint density at radius 1 is 1.25 bits per heavy atom. The first-order valence-corrected chi connectivity index (χ1v) is 8.97. The minimum absolute atomic E-state index is 0.0271. The third-order valence-electron chi connectivity index (χ3n) is 4.14. The summed E-state index contributed by atoms with van der Waals surface area (Å²) in [5.41, 5.74) is 7.57. The molecule has 1 atom stereocenters. The quantitative estimate of drug-likeness (QED) is 0.894. The van der Waals surface area contributed by atoms with Crippen LogP contribution in [0.5, 0.6) is 0 Å². The number of nitrogens with zero attached hydrogens (tertiary/aromatic N) is 1. The molecule has 6 heteroatoms. The Bertz CT molecular complexity index is 698. The Morgan fingerprint density at radius 2 is 2.04 bits per heavy atom. The summed E-state index contributed by atoms with van der Waals surface area (Å²) in [7, 11) is 0. The first kappa shape index (κ1) is 16.7. The van der Waals surface area contributed by atoms with Crippen LogP contribution in [-0.4, -0.2) is 35.8 Å². The largest absolute Gasteiger partial charge is 0.347 e. The van der Waals surface area contributed by atoms with Gasteiger partial charge in [-0.1, -0.05) is 18.2 Å². The number of nitrogens with one attached hydrogen (secondary N) is 1. The van der Waals surface area contributed by atoms with E-state index in [9.17, 15) is 9.59 Å². The number of likely N-dealkylation sites (tertiary alicyclic amines) is 1. The molecule has 1 fully saturated rings. The van der Waals surface area contributed by atoms with Crippen LogP contribution < -0.4 is 11.1 Å². The predicted molar refractivity (Wildman–Crippen MR) is 95.0 cm³/mol. The van der Waals surface area contributed by atoms with Crippen LogP contribution in [0.4, 0.5) is 0 Å². The lowest BCUT2D eigenvalue weighted by Crippen LogP contribution is -2.45. The summed E-state index contributed by atoms with van der Waals surface area (Å²) >= 11 is 1.42. The Labute approximate surface area is 145 Å². The summed E-state index contributed by atoms with van der Waals surface area (Å²) in [6.45, 7) is 1.84. The molecule has 1 saturated heterocycles. The Balaban J connectivity index is 1.57. The zero-order valence-electron chi connectivity index (χ0n) is 13.4. The van der Waals surface area contributed by atoms with Gasteiger partial charge >= 0.3 is 0 Å². The molecule has 2 heterocycles. The highest BCUT2D eigenvalue weighted by Gasteiger charge is 2.22. The van der Waals surface area contributed by atoms with Gasteiger partial charge in [-0.05, 0) is 42.0 Å². The van der Waals surface area contributed by atoms with E-state index in [-0.39, 0.29) is 17.9 Å². The highest BCUT2D eigenvalue weighted by molar-refractivity contribution is 7.12. The minimum atomic E-state index is -0.0764. The summed E-state index contributed by atoms with van der Waals surface area (Å²) in [4.78, 5) is 26.9. The third kappa shape index (κ3) is 4.01. The van der Waals surface area contributed by atoms with Crippen molar-refractivity contribution < 1.29 is 9.59 Å². The van der Waals surface area contributed by atoms with Gasteiger partial charge in [0.2, 0.25) is 0 Å². The molecule has 3 rings (SSSR count). The van der Waals surface area contributed by atoms with E-state index in [1.54, 1.807) is 6.07 Å². The van der Waals surface area contributed by atoms with Crippen LogP contribution in [0.1, 0.15) is 38.4 Å². The molecule has 24 heavy (non-hydrogen) atoms. The standard InChI is InChI=1S/C18H21N3O2S/c19-15-3-1-9-21(12-15)18(23)14-7-5-13(6-8-14)11-20-17(22)16-4-2-10-24-16/h2,4-8,10,15H,1,3,9,11-12,19H2,(H,20,22). The molecule has 0 spiro atoms. The SMILES string of the molecule is NC1CCCN(C(=O)c2ccc(CNC(=O)c3cccs3)cc2)C1. The summed E-state index contributed by atoms with van der Waals surface area (Å²) in [6.07, 6.45) is 1.94. The summed E-state index contributed by atoms with van der Waals surface area (Å²) in [6, 6.07) is 11.1. The second kappa shape index (κ2) is 7.59. The molecule has 0 saturated carbocycles. The van der Waals surface area contributed by atoms with Gasteiger partial charge in [-0.15, -0.1) is 11.3 Å². The highest BCUT2D eigenvalue weighted by Crippen LogP contribution is 2.14. The zero-order valence-corrected chi connectivity index (χ0v) is 14.2. The van der Waals surface area contributed by atoms with Crippen molar-refractivity contribution in [3.8, 4) is 0 Å². The van der Waals surface area contributed by atoms with Gasteiger partial charge in [0.05, 0.1) is 4.88 Å². The van der Waals surface area contributed by atoms with Gasteiger partial charge in [-0.25, -0.2) is 0 Å². The third-order valence-corrected chi connectivity index (χ3v) is 5.01. The van der Waals surface area contributed by atoms with Crippen molar-refractivity contribution in [2.75, 3.05) is 13.1 Å². The molecule has 1 aromatic heterocycles. The number of nitrogens with two attached hydrogens (primary N) is 1. The van der Waals surface area contributed by atoms with Crippen LogP contribution >= 0.6 is 11.3 Å². The van der Waals surface area contributed by atoms with Gasteiger partial charge in [0.15, 0.2) is 0 Å². The normalized spacial score (nSPS) is 17.5. The first-order chi connectivity index (χ1) is 11.6. The summed E-state index contributed by atoms with van der Waals surface area (Å²) < 4.78 is 0. The molecular weight excluding hydrogens is 322 g/mol. The number of hydrogen-bond donors (Lipinski definition) is 2. The van der Waals surface area contributed by atoms with Gasteiger partial charge in [0.1, 0.15) is 0 Å². The van der Waals surface area contributed by atoms with Crippen molar-refractivity contribution >= 4 is 23.2 Å². The van der Waals surface area contributed by atoms with Crippen LogP contribution in [0.2, 0.25) is 0 Å². The van der Waals surface area contributed by atoms with E-state index < -0.39 is 0 Å². The van der Waals surface area contributed by atoms with Crippen molar-refractivity contribution in [2.24, 2.45) is 5.73 Å². The van der Waals surface area contributed by atoms with Crippen molar-refractivity contribution in [1.29, 1.82) is 0 Å². The topological polar surface area (TPSA) is 75.4 Å². The summed E-state index contributed by atoms with van der Waals surface area (Å²) in [5.74, 6) is -0.0493. The van der Waals surface area contributed by atoms with E-state index in [2.05, 4.69) is 5.32 Å². The molecule has 2 aromatic rings. The molecule has 3 N–H and O–H groups in total. The number of carbonyl (C=O) groups is 2. The van der Waals surface area contributed by atoms with Crippen molar-refractivity contribution in [2.45, 2.75) is 25.4 Å². The fourth-order valence-electron chi connectivity index (χ4n) is 2.82. The first-order valence-electron chi connectivity index (χ1n) is 8.09. The number of rotatable bonds is 4. The molecule has 2 amide bonds. The minimum Gasteiger partial charge on any atom is -0.347 e. The molecule has 126 valence electrons. The number of carbonyl (C=O) groups excluding carboxylic acids is 2. The number of piperidine rings is 1. The van der Waals surface area contributed by atoms with Crippen molar-refractivity contribution in [3.05, 3.63) is 57.8 Å². The molecule has 1 aromatic carbocycles. The van der Waals surface area contributed by atoms with Crippen molar-refractivity contribution in [1.82, 2.24) is 10.2 Å². The molecule has 5 nitrogen and oxygen atoms in total. The predicted octanol–water partition coefficient (Wildman–Crippen LogP) is 2.24. The van der Waals surface area contributed by atoms with E-state index in [4.69, 9.17) is 5.73 Å². The van der Waals surface area contributed by atoms with E-state index in [1.165, 1.54) is 11.3 Å². The smallest absolute Gasteiger partial charge is 0.261 e. The van der Waals surface area contributed by atoms with Crippen LogP contribution in [0.15, 0.2) is 41.8 Å². The number of thiophene rings is 1. The van der Waals surface area contributed by atoms with E-state index >= 15 is 0 Å². The average Bonchev–Trinajstić information content (AvgIpc) is 3.14. The van der Waals surface area contributed by atoms with E-state index in [0.717, 1.165) is 24.9 Å². The monoisotopic (exact) mass is 343 g/mol. The van der Waals surface area contributed by atoms with E-state index in [0.29, 0.717) is 23.5 Å².